The van der Waals surface area contributed by atoms with Crippen LogP contribution in [0.3, 0.4) is 0 Å². The minimum Gasteiger partial charge on any atom is -0.298 e. The summed E-state index contributed by atoms with van der Waals surface area (Å²) in [6.07, 6.45) is 8.18. The van der Waals surface area contributed by atoms with Crippen LogP contribution in [0, 0.1) is 22.7 Å². The van der Waals surface area contributed by atoms with Crippen LogP contribution in [-0.2, 0) is 4.79 Å². The van der Waals surface area contributed by atoms with Gasteiger partial charge in [0, 0.05) is 0 Å². The van der Waals surface area contributed by atoms with Crippen LogP contribution in [-0.4, -0.2) is 5.78 Å². The molecule has 2 rings (SSSR count). The van der Waals surface area contributed by atoms with Crippen molar-refractivity contribution in [2.45, 2.75) is 41.5 Å². The summed E-state index contributed by atoms with van der Waals surface area (Å²) in [6, 6.07) is 0. The number of allylic oxidation sites excluding steroid dienone is 6. The number of carbonyl (C=O) groups excluding carboxylic acids is 1. The van der Waals surface area contributed by atoms with Crippen molar-refractivity contribution in [1.82, 2.24) is 0 Å². The SMILES string of the molecule is CC(C)(C)C1=C(C(C)(C)C)[C@H]2C=CC=C[C@H]1C2=O. The molecule has 0 aromatic carbocycles. The average Bonchev–Trinajstić information content (AvgIpc) is 2.28. The van der Waals surface area contributed by atoms with Gasteiger partial charge in [-0.2, -0.15) is 0 Å². The van der Waals surface area contributed by atoms with Crippen LogP contribution in [0.25, 0.3) is 0 Å². The molecular formula is C17H24O. The van der Waals surface area contributed by atoms with Gasteiger partial charge in [-0.05, 0) is 22.0 Å². The van der Waals surface area contributed by atoms with E-state index in [9.17, 15) is 4.79 Å². The van der Waals surface area contributed by atoms with Crippen molar-refractivity contribution in [2.24, 2.45) is 22.7 Å². The summed E-state index contributed by atoms with van der Waals surface area (Å²) in [4.78, 5) is 12.6. The number of hydrogen-bond donors (Lipinski definition) is 0. The zero-order valence-corrected chi connectivity index (χ0v) is 12.4. The molecule has 0 radical (unpaired) electrons. The minimum atomic E-state index is -0.0146. The van der Waals surface area contributed by atoms with E-state index < -0.39 is 0 Å². The van der Waals surface area contributed by atoms with Gasteiger partial charge < -0.3 is 0 Å². The molecule has 2 atom stereocenters. The van der Waals surface area contributed by atoms with Gasteiger partial charge in [-0.25, -0.2) is 0 Å². The highest BCUT2D eigenvalue weighted by atomic mass is 16.1. The van der Waals surface area contributed by atoms with E-state index in [1.807, 2.05) is 12.2 Å². The molecule has 0 N–H and O–H groups in total. The smallest absolute Gasteiger partial charge is 0.154 e. The van der Waals surface area contributed by atoms with Crippen LogP contribution in [0.5, 0.6) is 0 Å². The van der Waals surface area contributed by atoms with Crippen LogP contribution in [0.1, 0.15) is 41.5 Å². The van der Waals surface area contributed by atoms with E-state index in [0.29, 0.717) is 5.78 Å². The fourth-order valence-electron chi connectivity index (χ4n) is 3.29. The van der Waals surface area contributed by atoms with Gasteiger partial charge in [0.15, 0.2) is 5.78 Å². The van der Waals surface area contributed by atoms with Crippen molar-refractivity contribution in [1.29, 1.82) is 0 Å². The van der Waals surface area contributed by atoms with Crippen molar-refractivity contribution in [3.8, 4) is 0 Å². The Morgan fingerprint density at radius 1 is 0.778 bits per heavy atom. The van der Waals surface area contributed by atoms with E-state index in [2.05, 4.69) is 53.7 Å². The molecule has 0 fully saturated rings. The molecule has 1 heteroatoms. The van der Waals surface area contributed by atoms with Gasteiger partial charge in [0.2, 0.25) is 0 Å². The molecule has 0 aromatic heterocycles. The number of fused-ring (bicyclic) bond motifs is 2. The Kier molecular flexibility index (Phi) is 2.92. The van der Waals surface area contributed by atoms with Gasteiger partial charge in [-0.15, -0.1) is 0 Å². The summed E-state index contributed by atoms with van der Waals surface area (Å²) >= 11 is 0. The zero-order valence-electron chi connectivity index (χ0n) is 12.4. The van der Waals surface area contributed by atoms with Gasteiger partial charge in [0.25, 0.3) is 0 Å². The summed E-state index contributed by atoms with van der Waals surface area (Å²) < 4.78 is 0. The average molecular weight is 244 g/mol. The highest BCUT2D eigenvalue weighted by molar-refractivity contribution is 5.96. The van der Waals surface area contributed by atoms with Gasteiger partial charge >= 0.3 is 0 Å². The lowest BCUT2D eigenvalue weighted by Gasteiger charge is -2.32. The summed E-state index contributed by atoms with van der Waals surface area (Å²) in [5, 5.41) is 0. The first-order valence-electron chi connectivity index (χ1n) is 6.78. The molecule has 0 aliphatic heterocycles. The van der Waals surface area contributed by atoms with E-state index in [1.54, 1.807) is 0 Å². The summed E-state index contributed by atoms with van der Waals surface area (Å²) in [5.74, 6) is 0.327. The monoisotopic (exact) mass is 244 g/mol. The van der Waals surface area contributed by atoms with Crippen molar-refractivity contribution >= 4 is 5.78 Å². The van der Waals surface area contributed by atoms with Crippen molar-refractivity contribution in [3.05, 3.63) is 35.5 Å². The third kappa shape index (κ3) is 2.00. The molecule has 0 aromatic rings. The molecule has 0 unspecified atom stereocenters. The standard InChI is InChI=1S/C17H24O/c1-16(2,3)13-11-9-7-8-10-12(15(11)18)14(13)17(4,5)6/h7-12H,1-6H3/t11-,12-/m1/s1. The van der Waals surface area contributed by atoms with E-state index in [4.69, 9.17) is 0 Å². The fraction of sp³-hybridized carbons (Fsp3) is 0.588. The van der Waals surface area contributed by atoms with Crippen molar-refractivity contribution in [3.63, 3.8) is 0 Å². The maximum absolute atomic E-state index is 12.6. The summed E-state index contributed by atoms with van der Waals surface area (Å²) in [6.45, 7) is 13.3. The number of hydrogen-bond acceptors (Lipinski definition) is 1. The predicted octanol–water partition coefficient (Wildman–Crippen LogP) is 4.32. The lowest BCUT2D eigenvalue weighted by atomic mass is 9.72. The maximum atomic E-state index is 12.6. The molecule has 2 aliphatic rings. The molecule has 18 heavy (non-hydrogen) atoms. The number of carbonyl (C=O) groups is 1. The Morgan fingerprint density at radius 3 is 1.39 bits per heavy atom. The van der Waals surface area contributed by atoms with Crippen LogP contribution >= 0.6 is 0 Å². The zero-order chi connectivity index (χ0) is 13.7. The second-order valence-electron chi connectivity index (χ2n) is 7.45. The van der Waals surface area contributed by atoms with Crippen LogP contribution < -0.4 is 0 Å². The first-order valence-corrected chi connectivity index (χ1v) is 6.78. The van der Waals surface area contributed by atoms with Crippen molar-refractivity contribution in [2.75, 3.05) is 0 Å². The summed E-state index contributed by atoms with van der Waals surface area (Å²) in [5.41, 5.74) is 2.77. The molecule has 98 valence electrons. The van der Waals surface area contributed by atoms with E-state index in [0.717, 1.165) is 0 Å². The molecule has 0 saturated carbocycles. The van der Waals surface area contributed by atoms with Crippen LogP contribution in [0.4, 0.5) is 0 Å². The maximum Gasteiger partial charge on any atom is 0.154 e. The Morgan fingerprint density at radius 2 is 1.11 bits per heavy atom. The third-order valence-corrected chi connectivity index (χ3v) is 3.86. The third-order valence-electron chi connectivity index (χ3n) is 3.86. The van der Waals surface area contributed by atoms with Crippen LogP contribution in [0.15, 0.2) is 35.5 Å². The summed E-state index contributed by atoms with van der Waals surface area (Å²) in [7, 11) is 0. The Hall–Kier alpha value is -1.11. The molecule has 2 bridgehead atoms. The van der Waals surface area contributed by atoms with Gasteiger partial charge in [-0.1, -0.05) is 65.8 Å². The molecule has 0 spiro atoms. The molecule has 0 amide bonds. The number of Topliss-reactive ketones (excluding diaryl/α,β-unsaturated/α-hetero) is 1. The normalized spacial score (nSPS) is 28.0. The second-order valence-corrected chi connectivity index (χ2v) is 7.45. The second kappa shape index (κ2) is 3.94. The van der Waals surface area contributed by atoms with Gasteiger partial charge in [0.05, 0.1) is 11.8 Å². The highest BCUT2D eigenvalue weighted by Gasteiger charge is 2.46. The fourth-order valence-corrected chi connectivity index (χ4v) is 3.29. The van der Waals surface area contributed by atoms with Crippen molar-refractivity contribution < 1.29 is 4.79 Å². The highest BCUT2D eigenvalue weighted by Crippen LogP contribution is 2.51. The van der Waals surface area contributed by atoms with Gasteiger partial charge in [-0.3, -0.25) is 4.79 Å². The predicted molar refractivity (Wildman–Crippen MR) is 76.2 cm³/mol. The topological polar surface area (TPSA) is 17.1 Å². The Bertz CT molecular complexity index is 419. The van der Waals surface area contributed by atoms with E-state index in [-0.39, 0.29) is 22.7 Å². The Balaban J connectivity index is 2.70. The number of ketones is 1. The largest absolute Gasteiger partial charge is 0.298 e. The molecule has 0 saturated heterocycles. The van der Waals surface area contributed by atoms with E-state index in [1.165, 1.54) is 11.1 Å². The molecular weight excluding hydrogens is 220 g/mol. The molecule has 0 heterocycles. The Labute approximate surface area is 111 Å². The van der Waals surface area contributed by atoms with Gasteiger partial charge in [0.1, 0.15) is 0 Å². The first-order chi connectivity index (χ1) is 8.14. The van der Waals surface area contributed by atoms with E-state index >= 15 is 0 Å². The lowest BCUT2D eigenvalue weighted by molar-refractivity contribution is -0.121. The number of rotatable bonds is 0. The molecule has 2 aliphatic carbocycles. The quantitative estimate of drug-likeness (QED) is 0.580. The first kappa shape index (κ1) is 13.3. The molecule has 1 nitrogen and oxygen atoms in total. The minimum absolute atomic E-state index is 0.0146. The lowest BCUT2D eigenvalue weighted by Crippen LogP contribution is -2.21. The van der Waals surface area contributed by atoms with Crippen LogP contribution in [0.2, 0.25) is 0 Å².